The Labute approximate surface area is 208 Å². The van der Waals surface area contributed by atoms with Gasteiger partial charge in [0.2, 0.25) is 16.0 Å². The Morgan fingerprint density at radius 1 is 1.09 bits per heavy atom. The average molecular weight is 522 g/mol. The van der Waals surface area contributed by atoms with Gasteiger partial charge in [-0.3, -0.25) is 0 Å². The van der Waals surface area contributed by atoms with E-state index >= 15 is 0 Å². The van der Waals surface area contributed by atoms with Gasteiger partial charge in [-0.05, 0) is 43.4 Å². The fourth-order valence-corrected chi connectivity index (χ4v) is 6.46. The fourth-order valence-electron chi connectivity index (χ4n) is 4.09. The number of nitrogens with zero attached hydrogens (tertiary/aromatic N) is 5. The minimum absolute atomic E-state index is 0.0854. The van der Waals surface area contributed by atoms with Gasteiger partial charge in [-0.2, -0.15) is 5.10 Å². The summed E-state index contributed by atoms with van der Waals surface area (Å²) < 4.78 is 28.2. The summed E-state index contributed by atoms with van der Waals surface area (Å²) in [5, 5.41) is 8.52. The van der Waals surface area contributed by atoms with Crippen molar-refractivity contribution in [1.29, 1.82) is 0 Å². The lowest BCUT2D eigenvalue weighted by atomic mass is 10.1. The maximum atomic E-state index is 12.5. The molecule has 2 aromatic heterocycles. The van der Waals surface area contributed by atoms with Gasteiger partial charge in [-0.15, -0.1) is 0 Å². The first-order valence-electron chi connectivity index (χ1n) is 11.2. The molecule has 0 spiro atoms. The van der Waals surface area contributed by atoms with Crippen LogP contribution in [0.2, 0.25) is 10.0 Å². The molecule has 0 unspecified atom stereocenters. The van der Waals surface area contributed by atoms with Crippen LogP contribution in [0.15, 0.2) is 36.8 Å². The first kappa shape index (κ1) is 23.5. The second kappa shape index (κ2) is 9.43. The van der Waals surface area contributed by atoms with Crippen molar-refractivity contribution < 1.29 is 8.42 Å². The van der Waals surface area contributed by atoms with Gasteiger partial charge in [0.1, 0.15) is 0 Å². The number of nitrogens with two attached hydrogens (primary N) is 1. The molecule has 2 fully saturated rings. The Hall–Kier alpha value is -2.24. The zero-order valence-corrected chi connectivity index (χ0v) is 20.7. The maximum Gasteiger partial charge on any atom is 0.223 e. The fraction of sp³-hybridized carbons (Fsp3) is 0.409. The number of nitrogens with one attached hydrogen (secondary N) is 1. The number of anilines is 1. The Morgan fingerprint density at radius 2 is 1.85 bits per heavy atom. The van der Waals surface area contributed by atoms with E-state index in [1.165, 1.54) is 0 Å². The molecule has 34 heavy (non-hydrogen) atoms. The quantitative estimate of drug-likeness (QED) is 0.488. The van der Waals surface area contributed by atoms with E-state index in [-0.39, 0.29) is 11.3 Å². The SMILES string of the molecule is NCc1ccc(-n2cc(-c3nc(NC4CCN(S(=O)(=O)C5CC5)CC4)ncc3Cl)cn2)c(Cl)c1. The summed E-state index contributed by atoms with van der Waals surface area (Å²) in [6.07, 6.45) is 7.99. The lowest BCUT2D eigenvalue weighted by Crippen LogP contribution is -2.43. The van der Waals surface area contributed by atoms with Crippen LogP contribution in [-0.4, -0.2) is 56.9 Å². The van der Waals surface area contributed by atoms with Crippen molar-refractivity contribution in [2.75, 3.05) is 18.4 Å². The predicted octanol–water partition coefficient (Wildman–Crippen LogP) is 3.46. The summed E-state index contributed by atoms with van der Waals surface area (Å²) in [6.45, 7) is 1.42. The van der Waals surface area contributed by atoms with Crippen LogP contribution in [0.4, 0.5) is 5.95 Å². The summed E-state index contributed by atoms with van der Waals surface area (Å²) >= 11 is 12.8. The summed E-state index contributed by atoms with van der Waals surface area (Å²) in [4.78, 5) is 8.93. The van der Waals surface area contributed by atoms with Crippen LogP contribution in [0.3, 0.4) is 0 Å². The van der Waals surface area contributed by atoms with Gasteiger partial charge in [-0.1, -0.05) is 29.3 Å². The van der Waals surface area contributed by atoms with Gasteiger partial charge in [0, 0.05) is 37.4 Å². The number of aromatic nitrogens is 4. The van der Waals surface area contributed by atoms with Crippen LogP contribution in [-0.2, 0) is 16.6 Å². The molecule has 0 bridgehead atoms. The zero-order valence-electron chi connectivity index (χ0n) is 18.4. The summed E-state index contributed by atoms with van der Waals surface area (Å²) in [6, 6.07) is 5.68. The third-order valence-electron chi connectivity index (χ3n) is 6.19. The molecule has 3 aromatic rings. The predicted molar refractivity (Wildman–Crippen MR) is 133 cm³/mol. The van der Waals surface area contributed by atoms with E-state index < -0.39 is 10.0 Å². The molecule has 5 rings (SSSR count). The van der Waals surface area contributed by atoms with Crippen LogP contribution in [0, 0.1) is 0 Å². The molecule has 2 aliphatic rings. The van der Waals surface area contributed by atoms with E-state index in [1.807, 2.05) is 24.4 Å². The lowest BCUT2D eigenvalue weighted by Gasteiger charge is -2.31. The Kier molecular flexibility index (Phi) is 6.51. The van der Waals surface area contributed by atoms with Gasteiger partial charge in [-0.25, -0.2) is 27.4 Å². The molecule has 1 saturated heterocycles. The molecule has 3 heterocycles. The molecule has 9 nitrogen and oxygen atoms in total. The largest absolute Gasteiger partial charge is 0.351 e. The summed E-state index contributed by atoms with van der Waals surface area (Å²) in [7, 11) is -3.13. The van der Waals surface area contributed by atoms with E-state index in [0.717, 1.165) is 29.7 Å². The minimum atomic E-state index is -3.13. The van der Waals surface area contributed by atoms with E-state index in [4.69, 9.17) is 28.9 Å². The van der Waals surface area contributed by atoms with Crippen molar-refractivity contribution in [3.63, 3.8) is 0 Å². The number of hydrogen-bond donors (Lipinski definition) is 2. The molecule has 1 aliphatic heterocycles. The van der Waals surface area contributed by atoms with Gasteiger partial charge in [0.15, 0.2) is 0 Å². The number of hydrogen-bond acceptors (Lipinski definition) is 7. The molecule has 0 atom stereocenters. The zero-order chi connectivity index (χ0) is 23.9. The van der Waals surface area contributed by atoms with Gasteiger partial charge in [0.25, 0.3) is 0 Å². The van der Waals surface area contributed by atoms with Crippen molar-refractivity contribution >= 4 is 39.2 Å². The third-order valence-corrected chi connectivity index (χ3v) is 9.17. The molecule has 0 amide bonds. The van der Waals surface area contributed by atoms with Crippen molar-refractivity contribution in [2.24, 2.45) is 5.73 Å². The number of benzene rings is 1. The Bertz CT molecular complexity index is 1300. The van der Waals surface area contributed by atoms with E-state index in [9.17, 15) is 8.42 Å². The molecule has 0 radical (unpaired) electrons. The Balaban J connectivity index is 1.29. The maximum absolute atomic E-state index is 12.5. The van der Waals surface area contributed by atoms with Crippen LogP contribution in [0.1, 0.15) is 31.2 Å². The van der Waals surface area contributed by atoms with Crippen LogP contribution < -0.4 is 11.1 Å². The molecule has 180 valence electrons. The first-order valence-corrected chi connectivity index (χ1v) is 13.4. The van der Waals surface area contributed by atoms with Crippen molar-refractivity contribution in [1.82, 2.24) is 24.1 Å². The second-order valence-electron chi connectivity index (χ2n) is 8.62. The van der Waals surface area contributed by atoms with E-state index in [0.29, 0.717) is 54.2 Å². The Morgan fingerprint density at radius 3 is 2.53 bits per heavy atom. The minimum Gasteiger partial charge on any atom is -0.351 e. The van der Waals surface area contributed by atoms with Crippen LogP contribution >= 0.6 is 23.2 Å². The highest BCUT2D eigenvalue weighted by Gasteiger charge is 2.41. The van der Waals surface area contributed by atoms with Crippen molar-refractivity contribution in [3.05, 3.63) is 52.4 Å². The number of sulfonamides is 1. The standard InChI is InChI=1S/C22H25Cl2N7O2S/c23-18-9-14(10-25)1-4-20(18)31-13-15(11-27-31)21-19(24)12-26-22(29-21)28-16-5-7-30(8-6-16)34(32,33)17-2-3-17/h1,4,9,11-13,16-17H,2-3,5-8,10,25H2,(H,26,28,29). The molecule has 3 N–H and O–H groups in total. The highest BCUT2D eigenvalue weighted by molar-refractivity contribution is 7.90. The molecule has 12 heteroatoms. The highest BCUT2D eigenvalue weighted by atomic mass is 35.5. The second-order valence-corrected chi connectivity index (χ2v) is 11.6. The molecule has 1 saturated carbocycles. The molecule has 1 aromatic carbocycles. The van der Waals surface area contributed by atoms with E-state index in [1.54, 1.807) is 21.4 Å². The highest BCUT2D eigenvalue weighted by Crippen LogP contribution is 2.33. The molecular formula is C22H25Cl2N7O2S. The van der Waals surface area contributed by atoms with E-state index in [2.05, 4.69) is 20.4 Å². The number of halogens is 2. The van der Waals surface area contributed by atoms with Crippen molar-refractivity contribution in [3.8, 4) is 16.9 Å². The van der Waals surface area contributed by atoms with Crippen molar-refractivity contribution in [2.45, 2.75) is 43.5 Å². The normalized spacial score (nSPS) is 17.7. The van der Waals surface area contributed by atoms with Gasteiger partial charge in [0.05, 0.1) is 39.1 Å². The first-order chi connectivity index (χ1) is 16.3. The third kappa shape index (κ3) is 4.78. The van der Waals surface area contributed by atoms with Crippen LogP contribution in [0.5, 0.6) is 0 Å². The average Bonchev–Trinajstić information content (AvgIpc) is 3.59. The lowest BCUT2D eigenvalue weighted by molar-refractivity contribution is 0.328. The van der Waals surface area contributed by atoms with Gasteiger partial charge >= 0.3 is 0 Å². The van der Waals surface area contributed by atoms with Crippen LogP contribution in [0.25, 0.3) is 16.9 Å². The molecule has 1 aliphatic carbocycles. The van der Waals surface area contributed by atoms with Gasteiger partial charge < -0.3 is 11.1 Å². The molecular weight excluding hydrogens is 497 g/mol. The number of piperidine rings is 1. The smallest absolute Gasteiger partial charge is 0.223 e. The topological polar surface area (TPSA) is 119 Å². The number of rotatable bonds is 7. The summed E-state index contributed by atoms with van der Waals surface area (Å²) in [5.41, 5.74) is 8.61. The summed E-state index contributed by atoms with van der Waals surface area (Å²) in [5.74, 6) is 0.445. The monoisotopic (exact) mass is 521 g/mol.